The number of hydrogen-bond acceptors (Lipinski definition) is 4. The number of piperidine rings is 1. The smallest absolute Gasteiger partial charge is 0.254 e. The zero-order chi connectivity index (χ0) is 16.9. The Morgan fingerprint density at radius 2 is 2.42 bits per heavy atom. The van der Waals surface area contributed by atoms with Crippen LogP contribution in [0.5, 0.6) is 5.88 Å². The largest absolute Gasteiger partial charge is 0.475 e. The molecule has 1 saturated heterocycles. The molecule has 1 fully saturated rings. The monoisotopic (exact) mass is 328 g/mol. The number of aromatic amines is 1. The number of nitrogens with one attached hydrogen (secondary N) is 1. The average molecular weight is 328 g/mol. The molecule has 3 heterocycles. The minimum Gasteiger partial charge on any atom is -0.475 e. The van der Waals surface area contributed by atoms with E-state index in [2.05, 4.69) is 22.1 Å². The molecule has 1 amide bonds. The maximum Gasteiger partial charge on any atom is 0.254 e. The van der Waals surface area contributed by atoms with E-state index in [0.29, 0.717) is 17.4 Å². The number of carbonyl (C=O) groups is 1. The summed E-state index contributed by atoms with van der Waals surface area (Å²) < 4.78 is 5.73. The minimum absolute atomic E-state index is 0.0413. The molecular weight excluding hydrogens is 304 g/mol. The van der Waals surface area contributed by atoms with Gasteiger partial charge in [-0.25, -0.2) is 4.98 Å². The molecule has 128 valence electrons. The summed E-state index contributed by atoms with van der Waals surface area (Å²) in [5, 5.41) is 6.88. The van der Waals surface area contributed by atoms with E-state index < -0.39 is 0 Å². The molecule has 6 heteroatoms. The van der Waals surface area contributed by atoms with Crippen LogP contribution in [0.25, 0.3) is 0 Å². The number of amides is 1. The number of H-pyrrole nitrogens is 1. The highest BCUT2D eigenvalue weighted by atomic mass is 16.5. The second-order valence-electron chi connectivity index (χ2n) is 6.34. The molecule has 0 saturated carbocycles. The Morgan fingerprint density at radius 3 is 3.17 bits per heavy atom. The molecule has 2 atom stereocenters. The molecule has 0 aromatic carbocycles. The average Bonchev–Trinajstić information content (AvgIpc) is 3.16. The summed E-state index contributed by atoms with van der Waals surface area (Å²) in [5.74, 6) is 0.900. The molecule has 1 N–H and O–H groups in total. The lowest BCUT2D eigenvalue weighted by Crippen LogP contribution is -2.39. The first-order valence-electron chi connectivity index (χ1n) is 8.58. The Hall–Kier alpha value is -2.37. The summed E-state index contributed by atoms with van der Waals surface area (Å²) in [5.41, 5.74) is 1.80. The fourth-order valence-electron chi connectivity index (χ4n) is 3.00. The van der Waals surface area contributed by atoms with Crippen molar-refractivity contribution in [3.05, 3.63) is 41.9 Å². The van der Waals surface area contributed by atoms with Gasteiger partial charge in [-0.2, -0.15) is 5.10 Å². The predicted octanol–water partition coefficient (Wildman–Crippen LogP) is 3.00. The van der Waals surface area contributed by atoms with Gasteiger partial charge in [0.15, 0.2) is 0 Å². The lowest BCUT2D eigenvalue weighted by molar-refractivity contribution is 0.0706. The Morgan fingerprint density at radius 1 is 1.54 bits per heavy atom. The Kier molecular flexibility index (Phi) is 5.13. The van der Waals surface area contributed by atoms with Gasteiger partial charge in [0.25, 0.3) is 5.91 Å². The van der Waals surface area contributed by atoms with Crippen molar-refractivity contribution >= 4 is 5.91 Å². The summed E-state index contributed by atoms with van der Waals surface area (Å²) >= 11 is 0. The van der Waals surface area contributed by atoms with Crippen LogP contribution in [0.4, 0.5) is 0 Å². The molecule has 6 nitrogen and oxygen atoms in total. The van der Waals surface area contributed by atoms with E-state index >= 15 is 0 Å². The van der Waals surface area contributed by atoms with Gasteiger partial charge in [0.2, 0.25) is 5.88 Å². The van der Waals surface area contributed by atoms with Crippen LogP contribution >= 0.6 is 0 Å². The lowest BCUT2D eigenvalue weighted by Gasteiger charge is -2.32. The lowest BCUT2D eigenvalue weighted by atomic mass is 9.92. The fourth-order valence-corrected chi connectivity index (χ4v) is 3.00. The van der Waals surface area contributed by atoms with Gasteiger partial charge in [-0.05, 0) is 37.8 Å². The molecule has 3 rings (SSSR count). The zero-order valence-electron chi connectivity index (χ0n) is 14.2. The van der Waals surface area contributed by atoms with Crippen molar-refractivity contribution in [3.8, 4) is 5.88 Å². The highest BCUT2D eigenvalue weighted by Crippen LogP contribution is 2.27. The second-order valence-corrected chi connectivity index (χ2v) is 6.34. The van der Waals surface area contributed by atoms with Crippen LogP contribution in [-0.2, 0) is 0 Å². The molecule has 1 aliphatic rings. The van der Waals surface area contributed by atoms with Crippen molar-refractivity contribution in [2.45, 2.75) is 45.1 Å². The third-order valence-electron chi connectivity index (χ3n) is 4.58. The van der Waals surface area contributed by atoms with Crippen molar-refractivity contribution in [2.75, 3.05) is 13.1 Å². The van der Waals surface area contributed by atoms with E-state index in [-0.39, 0.29) is 12.0 Å². The third-order valence-corrected chi connectivity index (χ3v) is 4.58. The van der Waals surface area contributed by atoms with Gasteiger partial charge < -0.3 is 9.64 Å². The highest BCUT2D eigenvalue weighted by Gasteiger charge is 2.26. The van der Waals surface area contributed by atoms with Crippen molar-refractivity contribution in [1.82, 2.24) is 20.1 Å². The summed E-state index contributed by atoms with van der Waals surface area (Å²) in [7, 11) is 0. The first-order chi connectivity index (χ1) is 11.7. The number of carbonyl (C=O) groups excluding carboxylic acids is 1. The number of pyridine rings is 1. The van der Waals surface area contributed by atoms with Gasteiger partial charge in [0, 0.05) is 43.0 Å². The second kappa shape index (κ2) is 7.47. The quantitative estimate of drug-likeness (QED) is 0.916. The fraction of sp³-hybridized carbons (Fsp3) is 0.500. The topological polar surface area (TPSA) is 71.1 Å². The van der Waals surface area contributed by atoms with E-state index in [4.69, 9.17) is 4.74 Å². The minimum atomic E-state index is 0.0413. The van der Waals surface area contributed by atoms with Crippen LogP contribution in [0.2, 0.25) is 0 Å². The molecule has 2 aromatic heterocycles. The number of rotatable bonds is 5. The van der Waals surface area contributed by atoms with Gasteiger partial charge in [0.05, 0.1) is 12.3 Å². The Balaban J connectivity index is 1.70. The first-order valence-corrected chi connectivity index (χ1v) is 8.58. The summed E-state index contributed by atoms with van der Waals surface area (Å²) in [6.07, 6.45) is 8.49. The molecule has 2 aromatic rings. The van der Waals surface area contributed by atoms with Crippen molar-refractivity contribution in [1.29, 1.82) is 0 Å². The molecule has 0 spiro atoms. The molecule has 0 aliphatic carbocycles. The van der Waals surface area contributed by atoms with Crippen LogP contribution in [0.3, 0.4) is 0 Å². The van der Waals surface area contributed by atoms with Crippen LogP contribution in [0.1, 0.15) is 54.9 Å². The van der Waals surface area contributed by atoms with E-state index in [1.54, 1.807) is 18.3 Å². The normalized spacial score (nSPS) is 19.1. The van der Waals surface area contributed by atoms with E-state index in [1.807, 2.05) is 24.2 Å². The summed E-state index contributed by atoms with van der Waals surface area (Å²) in [4.78, 5) is 19.0. The number of likely N-dealkylation sites (tertiary alicyclic amines) is 1. The van der Waals surface area contributed by atoms with Gasteiger partial charge >= 0.3 is 0 Å². The standard InChI is InChI=1S/C18H24N4O2/c1-3-13(2)24-17-9-14(6-7-19-17)18(23)22-8-4-5-15(12-22)16-10-20-21-11-16/h6-7,9-11,13,15H,3-5,8,12H2,1-2H3,(H,20,21)/t13-,15-/m0/s1. The van der Waals surface area contributed by atoms with Crippen LogP contribution < -0.4 is 4.74 Å². The van der Waals surface area contributed by atoms with Crippen molar-refractivity contribution < 1.29 is 9.53 Å². The zero-order valence-corrected chi connectivity index (χ0v) is 14.2. The number of hydrogen-bond donors (Lipinski definition) is 1. The van der Waals surface area contributed by atoms with Gasteiger partial charge in [-0.1, -0.05) is 6.92 Å². The molecule has 0 unspecified atom stereocenters. The van der Waals surface area contributed by atoms with E-state index in [1.165, 1.54) is 5.56 Å². The Labute approximate surface area is 142 Å². The SMILES string of the molecule is CC[C@H](C)Oc1cc(C(=O)N2CCC[C@H](c3cn[nH]c3)C2)ccn1. The number of aromatic nitrogens is 3. The molecule has 24 heavy (non-hydrogen) atoms. The van der Waals surface area contributed by atoms with Gasteiger partial charge in [0.1, 0.15) is 0 Å². The van der Waals surface area contributed by atoms with Crippen LogP contribution in [0, 0.1) is 0 Å². The van der Waals surface area contributed by atoms with Crippen LogP contribution in [-0.4, -0.2) is 45.2 Å². The molecule has 0 bridgehead atoms. The van der Waals surface area contributed by atoms with Crippen LogP contribution in [0.15, 0.2) is 30.7 Å². The van der Waals surface area contributed by atoms with Gasteiger partial charge in [-0.15, -0.1) is 0 Å². The van der Waals surface area contributed by atoms with E-state index in [9.17, 15) is 4.79 Å². The molecule has 0 radical (unpaired) electrons. The maximum absolute atomic E-state index is 12.8. The Bertz CT molecular complexity index is 671. The molecular formula is C18H24N4O2. The third kappa shape index (κ3) is 3.75. The number of nitrogens with zero attached hydrogens (tertiary/aromatic N) is 3. The summed E-state index contributed by atoms with van der Waals surface area (Å²) in [6.45, 7) is 5.57. The number of ether oxygens (including phenoxy) is 1. The van der Waals surface area contributed by atoms with Crippen molar-refractivity contribution in [3.63, 3.8) is 0 Å². The van der Waals surface area contributed by atoms with Gasteiger partial charge in [-0.3, -0.25) is 9.89 Å². The predicted molar refractivity (Wildman–Crippen MR) is 91.1 cm³/mol. The summed E-state index contributed by atoms with van der Waals surface area (Å²) in [6, 6.07) is 3.50. The highest BCUT2D eigenvalue weighted by molar-refractivity contribution is 5.94. The van der Waals surface area contributed by atoms with Crippen molar-refractivity contribution in [2.24, 2.45) is 0 Å². The van der Waals surface area contributed by atoms with E-state index in [0.717, 1.165) is 32.4 Å². The maximum atomic E-state index is 12.8. The molecule has 1 aliphatic heterocycles. The first kappa shape index (κ1) is 16.5.